The third-order valence-corrected chi connectivity index (χ3v) is 4.17. The molecule has 6 heteroatoms. The van der Waals surface area contributed by atoms with Gasteiger partial charge in [0.15, 0.2) is 0 Å². The molecule has 0 saturated carbocycles. The monoisotopic (exact) mass is 347 g/mol. The van der Waals surface area contributed by atoms with Gasteiger partial charge >= 0.3 is 0 Å². The molecule has 126 valence electrons. The summed E-state index contributed by atoms with van der Waals surface area (Å²) in [7, 11) is 4.16. The first kappa shape index (κ1) is 21.2. The molecule has 2 atom stereocenters. The zero-order valence-corrected chi connectivity index (χ0v) is 14.9. The van der Waals surface area contributed by atoms with E-state index in [4.69, 9.17) is 5.73 Å². The highest BCUT2D eigenvalue weighted by atomic mass is 35.5. The second kappa shape index (κ2) is 10.1. The van der Waals surface area contributed by atoms with Gasteiger partial charge in [0.1, 0.15) is 0 Å². The Labute approximate surface area is 145 Å². The van der Waals surface area contributed by atoms with E-state index in [9.17, 15) is 4.79 Å². The number of rotatable bonds is 4. The van der Waals surface area contributed by atoms with E-state index in [1.807, 2.05) is 35.2 Å². The van der Waals surface area contributed by atoms with Crippen LogP contribution in [0.4, 0.5) is 0 Å². The van der Waals surface area contributed by atoms with Crippen LogP contribution in [-0.2, 0) is 4.79 Å². The molecular formula is C16H27Cl2N3O. The van der Waals surface area contributed by atoms with E-state index in [1.165, 1.54) is 0 Å². The van der Waals surface area contributed by atoms with Gasteiger partial charge in [-0.3, -0.25) is 4.79 Å². The summed E-state index contributed by atoms with van der Waals surface area (Å²) in [4.78, 5) is 16.9. The second-order valence-corrected chi connectivity index (χ2v) is 5.74. The molecule has 1 saturated heterocycles. The quantitative estimate of drug-likeness (QED) is 0.907. The van der Waals surface area contributed by atoms with E-state index in [0.717, 1.165) is 31.5 Å². The lowest BCUT2D eigenvalue weighted by Gasteiger charge is -2.37. The minimum Gasteiger partial charge on any atom is -0.341 e. The fraction of sp³-hybridized carbons (Fsp3) is 0.562. The van der Waals surface area contributed by atoms with E-state index in [2.05, 4.69) is 19.0 Å². The summed E-state index contributed by atoms with van der Waals surface area (Å²) in [6.45, 7) is 2.04. The van der Waals surface area contributed by atoms with E-state index >= 15 is 0 Å². The average Bonchev–Trinajstić information content (AvgIpc) is 2.49. The van der Waals surface area contributed by atoms with Gasteiger partial charge in [0.05, 0.1) is 5.92 Å². The summed E-state index contributed by atoms with van der Waals surface area (Å²) >= 11 is 0. The summed E-state index contributed by atoms with van der Waals surface area (Å²) in [6, 6.07) is 10.3. The number of likely N-dealkylation sites (tertiary alicyclic amines) is 1. The molecule has 0 aromatic heterocycles. The lowest BCUT2D eigenvalue weighted by molar-refractivity contribution is -0.134. The Balaban J connectivity index is 0.00000220. The van der Waals surface area contributed by atoms with Crippen LogP contribution in [-0.4, -0.2) is 55.5 Å². The van der Waals surface area contributed by atoms with E-state index in [1.54, 1.807) is 0 Å². The Morgan fingerprint density at radius 1 is 1.32 bits per heavy atom. The predicted molar refractivity (Wildman–Crippen MR) is 96.0 cm³/mol. The minimum absolute atomic E-state index is 0. The largest absolute Gasteiger partial charge is 0.341 e. The SMILES string of the molecule is CN(C)C1CCCN(C(=O)C(CN)c2ccccc2)C1.Cl.Cl. The van der Waals surface area contributed by atoms with Crippen LogP contribution in [0.25, 0.3) is 0 Å². The van der Waals surface area contributed by atoms with Crippen molar-refractivity contribution in [3.05, 3.63) is 35.9 Å². The first-order valence-electron chi connectivity index (χ1n) is 7.33. The standard InChI is InChI=1S/C16H25N3O.2ClH/c1-18(2)14-9-6-10-19(12-14)16(20)15(11-17)13-7-4-3-5-8-13;;/h3-5,7-8,14-15H,6,9-12,17H2,1-2H3;2*1H. The Morgan fingerprint density at radius 2 is 1.95 bits per heavy atom. The Bertz CT molecular complexity index is 442. The van der Waals surface area contributed by atoms with Gasteiger partial charge in [0.25, 0.3) is 0 Å². The minimum atomic E-state index is -0.211. The number of likely N-dealkylation sites (N-methyl/N-ethyl adjacent to an activating group) is 1. The zero-order chi connectivity index (χ0) is 14.5. The lowest BCUT2D eigenvalue weighted by atomic mass is 9.95. The highest BCUT2D eigenvalue weighted by Crippen LogP contribution is 2.21. The molecule has 2 rings (SSSR count). The molecule has 1 heterocycles. The van der Waals surface area contributed by atoms with Crippen LogP contribution in [0.15, 0.2) is 30.3 Å². The normalized spacial score (nSPS) is 19.1. The number of amides is 1. The van der Waals surface area contributed by atoms with Crippen LogP contribution < -0.4 is 5.73 Å². The summed E-state index contributed by atoms with van der Waals surface area (Å²) in [5, 5.41) is 0. The number of nitrogens with zero attached hydrogens (tertiary/aromatic N) is 2. The fourth-order valence-electron chi connectivity index (χ4n) is 2.86. The van der Waals surface area contributed by atoms with Crippen molar-refractivity contribution in [2.24, 2.45) is 5.73 Å². The van der Waals surface area contributed by atoms with Gasteiger partial charge in [-0.2, -0.15) is 0 Å². The van der Waals surface area contributed by atoms with Crippen molar-refractivity contribution in [1.29, 1.82) is 0 Å². The summed E-state index contributed by atoms with van der Waals surface area (Å²) in [6.07, 6.45) is 2.23. The molecule has 2 N–H and O–H groups in total. The molecule has 0 bridgehead atoms. The van der Waals surface area contributed by atoms with Crippen molar-refractivity contribution in [2.45, 2.75) is 24.8 Å². The molecule has 22 heavy (non-hydrogen) atoms. The lowest BCUT2D eigenvalue weighted by Crippen LogP contribution is -2.49. The maximum atomic E-state index is 12.7. The molecule has 0 radical (unpaired) electrons. The number of piperidine rings is 1. The summed E-state index contributed by atoms with van der Waals surface area (Å²) in [5.74, 6) is -0.0395. The number of benzene rings is 1. The fourth-order valence-corrected chi connectivity index (χ4v) is 2.86. The molecule has 0 aliphatic carbocycles. The average molecular weight is 348 g/mol. The zero-order valence-electron chi connectivity index (χ0n) is 13.3. The molecule has 1 fully saturated rings. The van der Waals surface area contributed by atoms with Gasteiger partial charge in [0, 0.05) is 25.7 Å². The summed E-state index contributed by atoms with van der Waals surface area (Å²) < 4.78 is 0. The first-order chi connectivity index (χ1) is 9.63. The van der Waals surface area contributed by atoms with Gasteiger partial charge in [-0.05, 0) is 32.5 Å². The van der Waals surface area contributed by atoms with Crippen LogP contribution in [0.5, 0.6) is 0 Å². The van der Waals surface area contributed by atoms with Crippen LogP contribution in [0.1, 0.15) is 24.3 Å². The smallest absolute Gasteiger partial charge is 0.231 e. The molecule has 1 aliphatic heterocycles. The van der Waals surface area contributed by atoms with Crippen molar-refractivity contribution < 1.29 is 4.79 Å². The second-order valence-electron chi connectivity index (χ2n) is 5.74. The van der Waals surface area contributed by atoms with Crippen molar-refractivity contribution in [3.8, 4) is 0 Å². The molecule has 4 nitrogen and oxygen atoms in total. The van der Waals surface area contributed by atoms with Gasteiger partial charge in [-0.25, -0.2) is 0 Å². The Morgan fingerprint density at radius 3 is 2.50 bits per heavy atom. The van der Waals surface area contributed by atoms with Crippen molar-refractivity contribution in [3.63, 3.8) is 0 Å². The maximum absolute atomic E-state index is 12.7. The number of halogens is 2. The van der Waals surface area contributed by atoms with Crippen LogP contribution in [0, 0.1) is 0 Å². The predicted octanol–water partition coefficient (Wildman–Crippen LogP) is 2.13. The number of nitrogens with two attached hydrogens (primary N) is 1. The Kier molecular flexibility index (Phi) is 9.69. The van der Waals surface area contributed by atoms with Crippen molar-refractivity contribution in [1.82, 2.24) is 9.80 Å². The van der Waals surface area contributed by atoms with Crippen molar-refractivity contribution >= 4 is 30.7 Å². The number of hydrogen-bond acceptors (Lipinski definition) is 3. The highest BCUT2D eigenvalue weighted by molar-refractivity contribution is 5.85. The first-order valence-corrected chi connectivity index (χ1v) is 7.33. The van der Waals surface area contributed by atoms with Crippen LogP contribution in [0.2, 0.25) is 0 Å². The molecule has 1 aromatic carbocycles. The van der Waals surface area contributed by atoms with Gasteiger partial charge in [-0.1, -0.05) is 30.3 Å². The number of carbonyl (C=O) groups excluding carboxylic acids is 1. The topological polar surface area (TPSA) is 49.6 Å². The van der Waals surface area contributed by atoms with E-state index in [0.29, 0.717) is 12.6 Å². The maximum Gasteiger partial charge on any atom is 0.231 e. The molecule has 2 unspecified atom stereocenters. The third kappa shape index (κ3) is 5.13. The van der Waals surface area contributed by atoms with Crippen LogP contribution >= 0.6 is 24.8 Å². The highest BCUT2D eigenvalue weighted by Gasteiger charge is 2.29. The Hall–Kier alpha value is -0.810. The number of carbonyl (C=O) groups is 1. The number of hydrogen-bond donors (Lipinski definition) is 1. The summed E-state index contributed by atoms with van der Waals surface area (Å²) in [5.41, 5.74) is 6.87. The van der Waals surface area contributed by atoms with E-state index < -0.39 is 0 Å². The van der Waals surface area contributed by atoms with Gasteiger partial charge in [0.2, 0.25) is 5.91 Å². The van der Waals surface area contributed by atoms with Crippen LogP contribution in [0.3, 0.4) is 0 Å². The molecular weight excluding hydrogens is 321 g/mol. The molecule has 1 aromatic rings. The van der Waals surface area contributed by atoms with Gasteiger partial charge in [-0.15, -0.1) is 24.8 Å². The molecule has 1 aliphatic rings. The molecule has 1 amide bonds. The van der Waals surface area contributed by atoms with E-state index in [-0.39, 0.29) is 36.6 Å². The third-order valence-electron chi connectivity index (χ3n) is 4.17. The molecule has 0 spiro atoms. The van der Waals surface area contributed by atoms with Crippen molar-refractivity contribution in [2.75, 3.05) is 33.7 Å². The van der Waals surface area contributed by atoms with Gasteiger partial charge < -0.3 is 15.5 Å².